The minimum atomic E-state index is -1.02. The highest BCUT2D eigenvalue weighted by Crippen LogP contribution is 2.73. The van der Waals surface area contributed by atoms with E-state index in [2.05, 4.69) is 20.8 Å². The zero-order valence-corrected chi connectivity index (χ0v) is 13.0. The van der Waals surface area contributed by atoms with Crippen molar-refractivity contribution in [3.8, 4) is 11.5 Å². The summed E-state index contributed by atoms with van der Waals surface area (Å²) < 4.78 is 6.00. The minimum Gasteiger partial charge on any atom is -0.508 e. The molecule has 1 heterocycles. The van der Waals surface area contributed by atoms with Crippen molar-refractivity contribution in [2.45, 2.75) is 58.2 Å². The van der Waals surface area contributed by atoms with Crippen LogP contribution >= 0.6 is 0 Å². The summed E-state index contributed by atoms with van der Waals surface area (Å²) in [5.74, 6) is 0.875. The largest absolute Gasteiger partial charge is 0.508 e. The van der Waals surface area contributed by atoms with Crippen molar-refractivity contribution in [3.05, 3.63) is 23.3 Å². The van der Waals surface area contributed by atoms with Gasteiger partial charge in [-0.3, -0.25) is 0 Å². The third-order valence-electron chi connectivity index (χ3n) is 6.20. The topological polar surface area (TPSA) is 49.7 Å². The molecule has 114 valence electrons. The third-order valence-corrected chi connectivity index (χ3v) is 6.20. The quantitative estimate of drug-likeness (QED) is 0.874. The molecule has 1 aromatic rings. The van der Waals surface area contributed by atoms with Gasteiger partial charge in [-0.05, 0) is 41.9 Å². The molecule has 0 radical (unpaired) electrons. The van der Waals surface area contributed by atoms with Crippen LogP contribution in [0.1, 0.15) is 57.1 Å². The average molecular weight is 288 g/mol. The number of hydrogen-bond donors (Lipinski definition) is 2. The summed E-state index contributed by atoms with van der Waals surface area (Å²) in [6, 6.07) is 3.91. The molecule has 4 atom stereocenters. The van der Waals surface area contributed by atoms with Crippen molar-refractivity contribution in [2.75, 3.05) is 0 Å². The lowest BCUT2D eigenvalue weighted by Crippen LogP contribution is -2.60. The molecule has 0 amide bonds. The predicted octanol–water partition coefficient (Wildman–Crippen LogP) is 3.58. The first-order valence-corrected chi connectivity index (χ1v) is 8.15. The fourth-order valence-corrected chi connectivity index (χ4v) is 5.28. The average Bonchev–Trinajstić information content (AvgIpc) is 2.72. The first-order chi connectivity index (χ1) is 9.88. The number of benzene rings is 1. The van der Waals surface area contributed by atoms with Crippen LogP contribution in [-0.4, -0.2) is 16.0 Å². The molecule has 2 saturated carbocycles. The third kappa shape index (κ3) is 1.53. The molecular formula is C18H24O3. The molecule has 3 aliphatic rings. The second-order valence-electron chi connectivity index (χ2n) is 7.69. The van der Waals surface area contributed by atoms with Crippen molar-refractivity contribution < 1.29 is 14.9 Å². The van der Waals surface area contributed by atoms with Crippen LogP contribution in [0.4, 0.5) is 0 Å². The van der Waals surface area contributed by atoms with Crippen molar-refractivity contribution in [1.29, 1.82) is 0 Å². The van der Waals surface area contributed by atoms with E-state index >= 15 is 0 Å². The second-order valence-corrected chi connectivity index (χ2v) is 7.69. The highest BCUT2D eigenvalue weighted by Gasteiger charge is 2.71. The lowest BCUT2D eigenvalue weighted by molar-refractivity contribution is -0.234. The van der Waals surface area contributed by atoms with Crippen LogP contribution in [0.5, 0.6) is 11.5 Å². The van der Waals surface area contributed by atoms with Crippen LogP contribution in [0.2, 0.25) is 0 Å². The van der Waals surface area contributed by atoms with Gasteiger partial charge in [0.25, 0.3) is 0 Å². The molecule has 1 unspecified atom stereocenters. The monoisotopic (exact) mass is 288 g/mol. The SMILES string of the molecule is CCCc1cc(O)c2c(c1)O[C@]1(O)CCC3[C@@H]1[C@@H]2C3(C)C. The molecule has 3 nitrogen and oxygen atoms in total. The van der Waals surface area contributed by atoms with E-state index in [1.165, 1.54) is 0 Å². The fraction of sp³-hybridized carbons (Fsp3) is 0.667. The Kier molecular flexibility index (Phi) is 2.53. The molecule has 1 aromatic carbocycles. The number of aryl methyl sites for hydroxylation is 1. The molecule has 4 rings (SSSR count). The number of aliphatic hydroxyl groups is 1. The highest BCUT2D eigenvalue weighted by atomic mass is 16.6. The van der Waals surface area contributed by atoms with E-state index in [1.807, 2.05) is 12.1 Å². The number of hydrogen-bond acceptors (Lipinski definition) is 3. The summed E-state index contributed by atoms with van der Waals surface area (Å²) in [5, 5.41) is 21.4. The Morgan fingerprint density at radius 3 is 2.81 bits per heavy atom. The number of fused-ring (bicyclic) bond motifs is 2. The summed E-state index contributed by atoms with van der Waals surface area (Å²) in [4.78, 5) is 0. The minimum absolute atomic E-state index is 0.122. The predicted molar refractivity (Wildman–Crippen MR) is 80.4 cm³/mol. The molecule has 1 aliphatic heterocycles. The Morgan fingerprint density at radius 1 is 1.33 bits per heavy atom. The lowest BCUT2D eigenvalue weighted by atomic mass is 9.46. The molecule has 2 fully saturated rings. The second kappa shape index (κ2) is 3.95. The fourth-order valence-electron chi connectivity index (χ4n) is 5.28. The Morgan fingerprint density at radius 2 is 2.10 bits per heavy atom. The maximum Gasteiger partial charge on any atom is 0.211 e. The molecule has 0 spiro atoms. The van der Waals surface area contributed by atoms with Gasteiger partial charge in [0, 0.05) is 23.8 Å². The molecule has 3 heteroatoms. The van der Waals surface area contributed by atoms with E-state index in [1.54, 1.807) is 0 Å². The zero-order chi connectivity index (χ0) is 15.0. The molecular weight excluding hydrogens is 264 g/mol. The summed E-state index contributed by atoms with van der Waals surface area (Å²) in [6.07, 6.45) is 3.67. The van der Waals surface area contributed by atoms with Crippen molar-refractivity contribution in [3.63, 3.8) is 0 Å². The van der Waals surface area contributed by atoms with Crippen molar-refractivity contribution in [1.82, 2.24) is 0 Å². The Labute approximate surface area is 125 Å². The Hall–Kier alpha value is -1.22. The first kappa shape index (κ1) is 13.4. The maximum absolute atomic E-state index is 10.9. The number of phenolic OH excluding ortho intramolecular Hbond substituents is 1. The van der Waals surface area contributed by atoms with Crippen molar-refractivity contribution >= 4 is 0 Å². The van der Waals surface area contributed by atoms with Crippen LogP contribution in [0.25, 0.3) is 0 Å². The van der Waals surface area contributed by atoms with E-state index in [0.717, 1.165) is 30.4 Å². The van der Waals surface area contributed by atoms with Gasteiger partial charge in [-0.15, -0.1) is 0 Å². The number of aromatic hydroxyl groups is 1. The first-order valence-electron chi connectivity index (χ1n) is 8.15. The molecule has 21 heavy (non-hydrogen) atoms. The molecule has 2 N–H and O–H groups in total. The lowest BCUT2D eigenvalue weighted by Gasteiger charge is -2.61. The smallest absolute Gasteiger partial charge is 0.211 e. The number of rotatable bonds is 2. The van der Waals surface area contributed by atoms with Gasteiger partial charge in [-0.1, -0.05) is 27.2 Å². The number of phenols is 1. The van der Waals surface area contributed by atoms with Gasteiger partial charge in [0.2, 0.25) is 5.79 Å². The van der Waals surface area contributed by atoms with E-state index in [0.29, 0.717) is 23.8 Å². The Bertz CT molecular complexity index is 607. The van der Waals surface area contributed by atoms with Gasteiger partial charge in [-0.2, -0.15) is 0 Å². The number of ether oxygens (including phenoxy) is 1. The molecule has 2 aliphatic carbocycles. The van der Waals surface area contributed by atoms with Crippen LogP contribution in [0.15, 0.2) is 12.1 Å². The van der Waals surface area contributed by atoms with Crippen molar-refractivity contribution in [2.24, 2.45) is 17.3 Å². The van der Waals surface area contributed by atoms with Gasteiger partial charge in [0.05, 0.1) is 0 Å². The summed E-state index contributed by atoms with van der Waals surface area (Å²) in [7, 11) is 0. The summed E-state index contributed by atoms with van der Waals surface area (Å²) >= 11 is 0. The Balaban J connectivity index is 1.86. The van der Waals surface area contributed by atoms with Gasteiger partial charge < -0.3 is 14.9 Å². The van der Waals surface area contributed by atoms with E-state index in [4.69, 9.17) is 4.74 Å². The van der Waals surface area contributed by atoms with Crippen LogP contribution < -0.4 is 4.74 Å². The van der Waals surface area contributed by atoms with Crippen LogP contribution in [0, 0.1) is 17.3 Å². The molecule has 0 saturated heterocycles. The maximum atomic E-state index is 10.9. The normalized spacial score (nSPS) is 38.2. The van der Waals surface area contributed by atoms with Crippen LogP contribution in [0.3, 0.4) is 0 Å². The molecule has 0 bridgehead atoms. The van der Waals surface area contributed by atoms with E-state index in [9.17, 15) is 10.2 Å². The van der Waals surface area contributed by atoms with E-state index < -0.39 is 5.79 Å². The van der Waals surface area contributed by atoms with E-state index in [-0.39, 0.29) is 17.3 Å². The van der Waals surface area contributed by atoms with Gasteiger partial charge in [0.15, 0.2) is 0 Å². The highest BCUT2D eigenvalue weighted by molar-refractivity contribution is 5.54. The van der Waals surface area contributed by atoms with Gasteiger partial charge >= 0.3 is 0 Å². The van der Waals surface area contributed by atoms with Gasteiger partial charge in [-0.25, -0.2) is 0 Å². The van der Waals surface area contributed by atoms with Crippen LogP contribution in [-0.2, 0) is 6.42 Å². The summed E-state index contributed by atoms with van der Waals surface area (Å²) in [5.41, 5.74) is 2.13. The zero-order valence-electron chi connectivity index (χ0n) is 13.0. The summed E-state index contributed by atoms with van der Waals surface area (Å²) in [6.45, 7) is 6.65. The molecule has 0 aromatic heterocycles. The standard InChI is InChI=1S/C18H24O3/c1-4-5-10-8-12(19)14-13(9-10)21-18(20)7-6-11-15(18)16(14)17(11,2)3/h8-9,11,15-16,19-20H,4-7H2,1-3H3/t11?,15-,16-,18-/m1/s1. The van der Waals surface area contributed by atoms with Gasteiger partial charge in [0.1, 0.15) is 11.5 Å².